The zero-order chi connectivity index (χ0) is 21.0. The third-order valence-electron chi connectivity index (χ3n) is 6.50. The molecule has 30 heavy (non-hydrogen) atoms. The number of nitrogens with one attached hydrogen (secondary N) is 2. The maximum Gasteiger partial charge on any atom is 0.253 e. The lowest BCUT2D eigenvalue weighted by atomic mass is 9.85. The van der Waals surface area contributed by atoms with E-state index in [9.17, 15) is 4.79 Å². The molecule has 1 saturated carbocycles. The molecule has 0 spiro atoms. The summed E-state index contributed by atoms with van der Waals surface area (Å²) in [4.78, 5) is 14.6. The van der Waals surface area contributed by atoms with Gasteiger partial charge in [-0.15, -0.1) is 0 Å². The van der Waals surface area contributed by atoms with Crippen LogP contribution in [0.3, 0.4) is 0 Å². The molecule has 1 aliphatic carbocycles. The molecule has 5 heteroatoms. The zero-order valence-corrected chi connectivity index (χ0v) is 18.6. The summed E-state index contributed by atoms with van der Waals surface area (Å²) in [6.07, 6.45) is 8.02. The van der Waals surface area contributed by atoms with Crippen LogP contribution >= 0.6 is 12.2 Å². The summed E-state index contributed by atoms with van der Waals surface area (Å²) < 4.78 is 0. The number of benzene rings is 2. The van der Waals surface area contributed by atoms with Gasteiger partial charge in [0, 0.05) is 24.3 Å². The molecule has 2 aromatic carbocycles. The van der Waals surface area contributed by atoms with Crippen LogP contribution in [0.25, 0.3) is 0 Å². The van der Waals surface area contributed by atoms with Crippen molar-refractivity contribution in [1.29, 1.82) is 0 Å². The number of aryl methyl sites for hydroxylation is 1. The quantitative estimate of drug-likeness (QED) is 0.651. The Balaban J connectivity index is 1.42. The Bertz CT molecular complexity index is 897. The van der Waals surface area contributed by atoms with Crippen molar-refractivity contribution < 1.29 is 4.79 Å². The molecule has 0 radical (unpaired) electrons. The molecule has 158 valence electrons. The maximum atomic E-state index is 12.7. The normalized spacial score (nSPS) is 18.1. The number of carbonyl (C=O) groups is 1. The number of carbonyl (C=O) groups excluding carboxylic acids is 1. The fourth-order valence-electron chi connectivity index (χ4n) is 4.91. The minimum atomic E-state index is -0.0976. The third kappa shape index (κ3) is 4.51. The van der Waals surface area contributed by atoms with Crippen LogP contribution in [0.2, 0.25) is 0 Å². The molecular formula is C25H31N3OS. The van der Waals surface area contributed by atoms with Gasteiger partial charge >= 0.3 is 0 Å². The topological polar surface area (TPSA) is 44.4 Å². The van der Waals surface area contributed by atoms with E-state index in [4.69, 9.17) is 12.2 Å². The SMILES string of the molecule is Cc1ccccc1C1(NC(=S)Nc2ccc(C(=O)N3CCCCC3)cc2)CCCC1. The summed E-state index contributed by atoms with van der Waals surface area (Å²) >= 11 is 5.68. The van der Waals surface area contributed by atoms with Crippen LogP contribution in [0, 0.1) is 6.92 Å². The summed E-state index contributed by atoms with van der Waals surface area (Å²) in [5.41, 5.74) is 4.19. The second-order valence-corrected chi connectivity index (χ2v) is 9.02. The van der Waals surface area contributed by atoms with Crippen LogP contribution in [0.15, 0.2) is 48.5 Å². The molecule has 1 aliphatic heterocycles. The number of thiocarbonyl (C=S) groups is 1. The molecule has 1 amide bonds. The minimum Gasteiger partial charge on any atom is -0.353 e. The Labute approximate surface area is 185 Å². The number of rotatable bonds is 4. The van der Waals surface area contributed by atoms with Crippen molar-refractivity contribution in [2.45, 2.75) is 57.4 Å². The first-order valence-electron chi connectivity index (χ1n) is 11.1. The summed E-state index contributed by atoms with van der Waals surface area (Å²) in [7, 11) is 0. The van der Waals surface area contributed by atoms with Crippen molar-refractivity contribution in [3.63, 3.8) is 0 Å². The molecule has 2 N–H and O–H groups in total. The van der Waals surface area contributed by atoms with Gasteiger partial charge in [0.15, 0.2) is 5.11 Å². The highest BCUT2D eigenvalue weighted by Gasteiger charge is 2.37. The summed E-state index contributed by atoms with van der Waals surface area (Å²) in [5, 5.41) is 7.59. The molecule has 0 aromatic heterocycles. The van der Waals surface area contributed by atoms with Crippen LogP contribution in [0.5, 0.6) is 0 Å². The molecule has 4 nitrogen and oxygen atoms in total. The van der Waals surface area contributed by atoms with Crippen LogP contribution in [0.1, 0.15) is 66.4 Å². The highest BCUT2D eigenvalue weighted by atomic mass is 32.1. The van der Waals surface area contributed by atoms with Gasteiger partial charge in [-0.2, -0.15) is 0 Å². The smallest absolute Gasteiger partial charge is 0.253 e. The van der Waals surface area contributed by atoms with Crippen LogP contribution in [-0.2, 0) is 5.54 Å². The largest absolute Gasteiger partial charge is 0.353 e. The first-order valence-corrected chi connectivity index (χ1v) is 11.5. The van der Waals surface area contributed by atoms with Crippen molar-refractivity contribution in [1.82, 2.24) is 10.2 Å². The van der Waals surface area contributed by atoms with Crippen LogP contribution in [-0.4, -0.2) is 29.0 Å². The number of amides is 1. The van der Waals surface area contributed by atoms with E-state index in [1.807, 2.05) is 29.2 Å². The van der Waals surface area contributed by atoms with Gasteiger partial charge in [0.1, 0.15) is 0 Å². The van der Waals surface area contributed by atoms with Gasteiger partial charge in [0.2, 0.25) is 0 Å². The molecule has 0 unspecified atom stereocenters. The summed E-state index contributed by atoms with van der Waals surface area (Å²) in [6, 6.07) is 16.3. The van der Waals surface area contributed by atoms with Crippen LogP contribution < -0.4 is 10.6 Å². The van der Waals surface area contributed by atoms with Gasteiger partial charge in [0.25, 0.3) is 5.91 Å². The Morgan fingerprint density at radius 2 is 1.60 bits per heavy atom. The number of piperidine rings is 1. The van der Waals surface area contributed by atoms with E-state index in [2.05, 4.69) is 41.8 Å². The molecule has 1 heterocycles. The first-order chi connectivity index (χ1) is 14.6. The zero-order valence-electron chi connectivity index (χ0n) is 17.7. The molecular weight excluding hydrogens is 390 g/mol. The number of anilines is 1. The minimum absolute atomic E-state index is 0.0976. The van der Waals surface area contributed by atoms with Gasteiger partial charge in [-0.1, -0.05) is 37.1 Å². The van der Waals surface area contributed by atoms with Crippen molar-refractivity contribution in [3.8, 4) is 0 Å². The fourth-order valence-corrected chi connectivity index (χ4v) is 5.22. The summed E-state index contributed by atoms with van der Waals surface area (Å²) in [6.45, 7) is 3.91. The fraction of sp³-hybridized carbons (Fsp3) is 0.440. The predicted molar refractivity (Wildman–Crippen MR) is 127 cm³/mol. The Morgan fingerprint density at radius 1 is 0.933 bits per heavy atom. The van der Waals surface area contributed by atoms with E-state index in [0.717, 1.165) is 50.0 Å². The van der Waals surface area contributed by atoms with E-state index in [0.29, 0.717) is 5.11 Å². The number of likely N-dealkylation sites (tertiary alicyclic amines) is 1. The van der Waals surface area contributed by atoms with Crippen molar-refractivity contribution in [2.24, 2.45) is 0 Å². The lowest BCUT2D eigenvalue weighted by molar-refractivity contribution is 0.0724. The molecule has 4 rings (SSSR count). The van der Waals surface area contributed by atoms with E-state index in [1.165, 1.54) is 30.4 Å². The van der Waals surface area contributed by atoms with Crippen molar-refractivity contribution >= 4 is 28.9 Å². The van der Waals surface area contributed by atoms with Crippen molar-refractivity contribution in [2.75, 3.05) is 18.4 Å². The standard InChI is InChI=1S/C25H31N3OS/c1-19-9-3-4-10-22(19)25(15-5-6-16-25)27-24(30)26-21-13-11-20(12-14-21)23(29)28-17-7-2-8-18-28/h3-4,9-14H,2,5-8,15-18H2,1H3,(H2,26,27,30). The maximum absolute atomic E-state index is 12.7. The van der Waals surface area contributed by atoms with Gasteiger partial charge in [-0.25, -0.2) is 0 Å². The second-order valence-electron chi connectivity index (χ2n) is 8.61. The van der Waals surface area contributed by atoms with Gasteiger partial charge in [-0.05, 0) is 86.6 Å². The lowest BCUT2D eigenvalue weighted by Gasteiger charge is -2.34. The van der Waals surface area contributed by atoms with E-state index in [1.54, 1.807) is 0 Å². The first kappa shape index (κ1) is 20.9. The molecule has 0 bridgehead atoms. The van der Waals surface area contributed by atoms with E-state index in [-0.39, 0.29) is 11.4 Å². The third-order valence-corrected chi connectivity index (χ3v) is 6.71. The molecule has 1 saturated heterocycles. The van der Waals surface area contributed by atoms with Gasteiger partial charge < -0.3 is 15.5 Å². The molecule has 2 fully saturated rings. The molecule has 0 atom stereocenters. The Kier molecular flexibility index (Phi) is 6.38. The Morgan fingerprint density at radius 3 is 2.27 bits per heavy atom. The summed E-state index contributed by atoms with van der Waals surface area (Å²) in [5.74, 6) is 0.131. The van der Waals surface area contributed by atoms with Crippen molar-refractivity contribution in [3.05, 3.63) is 65.2 Å². The van der Waals surface area contributed by atoms with Crippen LogP contribution in [0.4, 0.5) is 5.69 Å². The van der Waals surface area contributed by atoms with E-state index >= 15 is 0 Å². The van der Waals surface area contributed by atoms with Gasteiger partial charge in [-0.3, -0.25) is 4.79 Å². The van der Waals surface area contributed by atoms with Gasteiger partial charge in [0.05, 0.1) is 5.54 Å². The number of hydrogen-bond donors (Lipinski definition) is 2. The average Bonchev–Trinajstić information content (AvgIpc) is 3.24. The Hall–Kier alpha value is -2.40. The monoisotopic (exact) mass is 421 g/mol. The predicted octanol–water partition coefficient (Wildman–Crippen LogP) is 5.38. The molecule has 2 aromatic rings. The highest BCUT2D eigenvalue weighted by Crippen LogP contribution is 2.40. The average molecular weight is 422 g/mol. The number of hydrogen-bond acceptors (Lipinski definition) is 2. The lowest BCUT2D eigenvalue weighted by Crippen LogP contribution is -2.46. The molecule has 2 aliphatic rings. The highest BCUT2D eigenvalue weighted by molar-refractivity contribution is 7.80. The van der Waals surface area contributed by atoms with E-state index < -0.39 is 0 Å². The number of nitrogens with zero attached hydrogens (tertiary/aromatic N) is 1. The second kappa shape index (κ2) is 9.17.